The Hall–Kier alpha value is -0.830. The summed E-state index contributed by atoms with van der Waals surface area (Å²) in [5.74, 6) is 1.74. The molecule has 3 nitrogen and oxygen atoms in total. The summed E-state index contributed by atoms with van der Waals surface area (Å²) in [4.78, 5) is 4.49. The summed E-state index contributed by atoms with van der Waals surface area (Å²) in [5, 5.41) is 0. The van der Waals surface area contributed by atoms with E-state index < -0.39 is 0 Å². The van der Waals surface area contributed by atoms with Crippen molar-refractivity contribution in [3.05, 3.63) is 11.8 Å². The number of aliphatic imine (C=N–C) groups is 1. The fourth-order valence-electron chi connectivity index (χ4n) is 2.17. The molecule has 3 heteroatoms. The van der Waals surface area contributed by atoms with Gasteiger partial charge < -0.3 is 9.47 Å². The molecule has 2 atom stereocenters. The van der Waals surface area contributed by atoms with Crippen LogP contribution in [0.4, 0.5) is 0 Å². The highest BCUT2D eigenvalue weighted by molar-refractivity contribution is 5.73. The van der Waals surface area contributed by atoms with Gasteiger partial charge in [-0.25, -0.2) is 0 Å². The van der Waals surface area contributed by atoms with E-state index in [2.05, 4.69) is 39.6 Å². The lowest BCUT2D eigenvalue weighted by Gasteiger charge is -2.35. The van der Waals surface area contributed by atoms with Gasteiger partial charge in [0, 0.05) is 6.21 Å². The van der Waals surface area contributed by atoms with Crippen molar-refractivity contribution in [1.29, 1.82) is 0 Å². The molecule has 0 N–H and O–H groups in total. The fraction of sp³-hybridized carbons (Fsp3) is 0.800. The maximum atomic E-state index is 6.07. The van der Waals surface area contributed by atoms with E-state index in [9.17, 15) is 0 Å². The van der Waals surface area contributed by atoms with Crippen molar-refractivity contribution in [3.63, 3.8) is 0 Å². The maximum Gasteiger partial charge on any atom is 0.159 e. The SMILES string of the molecule is CC(C)C1C(OC2CC2)=CC=NC1OC(C)(C)C. The molecular weight excluding hydrogens is 226 g/mol. The average molecular weight is 251 g/mol. The second kappa shape index (κ2) is 5.04. The normalized spacial score (nSPS) is 28.4. The summed E-state index contributed by atoms with van der Waals surface area (Å²) >= 11 is 0. The monoisotopic (exact) mass is 251 g/mol. The molecule has 1 aliphatic heterocycles. The third-order valence-electron chi connectivity index (χ3n) is 3.13. The van der Waals surface area contributed by atoms with Crippen LogP contribution in [0.15, 0.2) is 16.8 Å². The van der Waals surface area contributed by atoms with E-state index in [0.717, 1.165) is 5.76 Å². The van der Waals surface area contributed by atoms with E-state index in [0.29, 0.717) is 12.0 Å². The van der Waals surface area contributed by atoms with Crippen molar-refractivity contribution in [3.8, 4) is 0 Å². The lowest BCUT2D eigenvalue weighted by Crippen LogP contribution is -2.37. The van der Waals surface area contributed by atoms with Crippen LogP contribution in [0.25, 0.3) is 0 Å². The van der Waals surface area contributed by atoms with E-state index in [4.69, 9.17) is 9.47 Å². The Morgan fingerprint density at radius 3 is 2.44 bits per heavy atom. The van der Waals surface area contributed by atoms with Crippen LogP contribution in [-0.4, -0.2) is 24.1 Å². The molecule has 0 radical (unpaired) electrons. The highest BCUT2D eigenvalue weighted by Crippen LogP contribution is 2.36. The highest BCUT2D eigenvalue weighted by Gasteiger charge is 2.36. The van der Waals surface area contributed by atoms with Gasteiger partial charge >= 0.3 is 0 Å². The molecule has 2 rings (SSSR count). The minimum absolute atomic E-state index is 0.122. The number of hydrogen-bond donors (Lipinski definition) is 0. The standard InChI is InChI=1S/C15H25NO2/c1-10(2)13-12(17-11-6-7-11)8-9-16-14(13)18-15(3,4)5/h8-11,13-14H,6-7H2,1-5H3. The van der Waals surface area contributed by atoms with Crippen LogP contribution < -0.4 is 0 Å². The molecule has 0 spiro atoms. The Morgan fingerprint density at radius 2 is 1.94 bits per heavy atom. The molecular formula is C15H25NO2. The van der Waals surface area contributed by atoms with Crippen molar-refractivity contribution in [2.75, 3.05) is 0 Å². The van der Waals surface area contributed by atoms with Crippen LogP contribution in [0.3, 0.4) is 0 Å². The second-order valence-corrected chi connectivity index (χ2v) is 6.57. The van der Waals surface area contributed by atoms with E-state index in [-0.39, 0.29) is 17.7 Å². The average Bonchev–Trinajstić information content (AvgIpc) is 2.98. The molecule has 0 amide bonds. The van der Waals surface area contributed by atoms with Gasteiger partial charge in [0.2, 0.25) is 0 Å². The molecule has 0 aromatic carbocycles. The first kappa shape index (κ1) is 13.6. The van der Waals surface area contributed by atoms with Gasteiger partial charge in [0.05, 0.1) is 17.6 Å². The van der Waals surface area contributed by atoms with Crippen LogP contribution in [0.2, 0.25) is 0 Å². The third-order valence-corrected chi connectivity index (χ3v) is 3.13. The number of ether oxygens (including phenoxy) is 2. The number of dihydropyridines is 1. The van der Waals surface area contributed by atoms with E-state index in [1.807, 2.05) is 12.3 Å². The Morgan fingerprint density at radius 1 is 1.28 bits per heavy atom. The summed E-state index contributed by atoms with van der Waals surface area (Å²) in [6, 6.07) is 0. The van der Waals surface area contributed by atoms with Crippen molar-refractivity contribution in [1.82, 2.24) is 0 Å². The molecule has 18 heavy (non-hydrogen) atoms. The van der Waals surface area contributed by atoms with Crippen LogP contribution in [0, 0.1) is 11.8 Å². The summed E-state index contributed by atoms with van der Waals surface area (Å²) in [5.41, 5.74) is -0.183. The second-order valence-electron chi connectivity index (χ2n) is 6.57. The predicted molar refractivity (Wildman–Crippen MR) is 73.6 cm³/mol. The van der Waals surface area contributed by atoms with E-state index in [1.165, 1.54) is 12.8 Å². The zero-order valence-corrected chi connectivity index (χ0v) is 12.1. The molecule has 1 heterocycles. The molecule has 0 saturated heterocycles. The smallest absolute Gasteiger partial charge is 0.159 e. The number of allylic oxidation sites excluding steroid dienone is 1. The Bertz CT molecular complexity index is 348. The molecule has 0 aromatic heterocycles. The Labute approximate surface area is 110 Å². The summed E-state index contributed by atoms with van der Waals surface area (Å²) in [7, 11) is 0. The molecule has 1 fully saturated rings. The van der Waals surface area contributed by atoms with Gasteiger partial charge in [0.25, 0.3) is 0 Å². The van der Waals surface area contributed by atoms with Crippen LogP contribution in [0.5, 0.6) is 0 Å². The quantitative estimate of drug-likeness (QED) is 0.765. The molecule has 2 unspecified atom stereocenters. The maximum absolute atomic E-state index is 6.07. The van der Waals surface area contributed by atoms with Gasteiger partial charge in [0.15, 0.2) is 6.23 Å². The summed E-state index contributed by atoms with van der Waals surface area (Å²) < 4.78 is 12.1. The molecule has 2 aliphatic rings. The molecule has 1 aliphatic carbocycles. The summed E-state index contributed by atoms with van der Waals surface area (Å²) in [6.07, 6.45) is 6.51. The van der Waals surface area contributed by atoms with E-state index >= 15 is 0 Å². The fourth-order valence-corrected chi connectivity index (χ4v) is 2.17. The molecule has 102 valence electrons. The van der Waals surface area contributed by atoms with E-state index in [1.54, 1.807) is 0 Å². The lowest BCUT2D eigenvalue weighted by atomic mass is 9.90. The van der Waals surface area contributed by atoms with Gasteiger partial charge in [-0.1, -0.05) is 13.8 Å². The third kappa shape index (κ3) is 3.58. The van der Waals surface area contributed by atoms with Gasteiger partial charge in [0.1, 0.15) is 5.76 Å². The van der Waals surface area contributed by atoms with Gasteiger partial charge in [-0.3, -0.25) is 4.99 Å². The Balaban J connectivity index is 2.10. The largest absolute Gasteiger partial charge is 0.494 e. The van der Waals surface area contributed by atoms with Crippen molar-refractivity contribution >= 4 is 6.21 Å². The minimum Gasteiger partial charge on any atom is -0.494 e. The van der Waals surface area contributed by atoms with Gasteiger partial charge in [-0.15, -0.1) is 0 Å². The van der Waals surface area contributed by atoms with Crippen molar-refractivity contribution in [2.45, 2.75) is 65.4 Å². The molecule has 0 bridgehead atoms. The first-order chi connectivity index (χ1) is 8.37. The summed E-state index contributed by atoms with van der Waals surface area (Å²) in [6.45, 7) is 10.6. The van der Waals surface area contributed by atoms with Crippen LogP contribution >= 0.6 is 0 Å². The lowest BCUT2D eigenvalue weighted by molar-refractivity contribution is -0.0916. The zero-order chi connectivity index (χ0) is 13.3. The van der Waals surface area contributed by atoms with Gasteiger partial charge in [-0.2, -0.15) is 0 Å². The number of rotatable bonds is 4. The molecule has 1 saturated carbocycles. The minimum atomic E-state index is -0.183. The topological polar surface area (TPSA) is 30.8 Å². The molecule has 0 aromatic rings. The number of nitrogens with zero attached hydrogens (tertiary/aromatic N) is 1. The first-order valence-corrected chi connectivity index (χ1v) is 6.94. The predicted octanol–water partition coefficient (Wildman–Crippen LogP) is 3.55. The zero-order valence-electron chi connectivity index (χ0n) is 12.1. The van der Waals surface area contributed by atoms with Gasteiger partial charge in [-0.05, 0) is 45.6 Å². The number of hydrogen-bond acceptors (Lipinski definition) is 3. The van der Waals surface area contributed by atoms with Crippen LogP contribution in [0.1, 0.15) is 47.5 Å². The van der Waals surface area contributed by atoms with Crippen LogP contribution in [-0.2, 0) is 9.47 Å². The van der Waals surface area contributed by atoms with Crippen molar-refractivity contribution < 1.29 is 9.47 Å². The highest BCUT2D eigenvalue weighted by atomic mass is 16.5. The Kier molecular flexibility index (Phi) is 3.81. The van der Waals surface area contributed by atoms with Crippen molar-refractivity contribution in [2.24, 2.45) is 16.8 Å². The first-order valence-electron chi connectivity index (χ1n) is 6.94.